The number of fused-ring (bicyclic) bond motifs is 1. The van der Waals surface area contributed by atoms with Crippen LogP contribution in [0.1, 0.15) is 31.8 Å². The van der Waals surface area contributed by atoms with E-state index in [0.717, 1.165) is 0 Å². The first-order chi connectivity index (χ1) is 15.3. The van der Waals surface area contributed by atoms with Gasteiger partial charge in [-0.1, -0.05) is 6.92 Å². The zero-order valence-electron chi connectivity index (χ0n) is 17.2. The Labute approximate surface area is 180 Å². The van der Waals surface area contributed by atoms with Crippen LogP contribution in [-0.4, -0.2) is 63.8 Å². The van der Waals surface area contributed by atoms with Crippen molar-refractivity contribution in [1.82, 2.24) is 34.2 Å². The summed E-state index contributed by atoms with van der Waals surface area (Å²) < 4.78 is 43.2. The van der Waals surface area contributed by atoms with E-state index < -0.39 is 24.7 Å². The van der Waals surface area contributed by atoms with E-state index in [9.17, 15) is 23.4 Å². The van der Waals surface area contributed by atoms with Crippen LogP contribution in [0.2, 0.25) is 0 Å². The number of aromatic nitrogens is 7. The summed E-state index contributed by atoms with van der Waals surface area (Å²) in [5, 5.41) is 31.4. The highest BCUT2D eigenvalue weighted by atomic mass is 19.4. The summed E-state index contributed by atoms with van der Waals surface area (Å²) in [6.07, 6.45) is 4.61. The second kappa shape index (κ2) is 8.71. The molecule has 12 heteroatoms. The fourth-order valence-electron chi connectivity index (χ4n) is 3.53. The third-order valence-corrected chi connectivity index (χ3v) is 5.27. The van der Waals surface area contributed by atoms with Crippen molar-refractivity contribution in [3.63, 3.8) is 0 Å². The number of aliphatic hydroxyl groups is 2. The van der Waals surface area contributed by atoms with E-state index in [1.807, 2.05) is 0 Å². The summed E-state index contributed by atoms with van der Waals surface area (Å²) in [6, 6.07) is 0.377. The molecule has 0 bridgehead atoms. The van der Waals surface area contributed by atoms with Gasteiger partial charge in [0.05, 0.1) is 73.4 Å². The fourth-order valence-corrected chi connectivity index (χ4v) is 3.53. The Balaban J connectivity index is 1.73. The summed E-state index contributed by atoms with van der Waals surface area (Å²) in [6.45, 7) is 1.14. The Bertz CT molecular complexity index is 1190. The van der Waals surface area contributed by atoms with E-state index >= 15 is 0 Å². The Morgan fingerprint density at radius 3 is 2.25 bits per heavy atom. The number of rotatable bonds is 8. The molecule has 32 heavy (non-hydrogen) atoms. The maximum absolute atomic E-state index is 12.9. The molecule has 0 fully saturated rings. The molecule has 0 aliphatic carbocycles. The van der Waals surface area contributed by atoms with Crippen molar-refractivity contribution in [3.8, 4) is 22.5 Å². The summed E-state index contributed by atoms with van der Waals surface area (Å²) >= 11 is 0. The molecule has 4 rings (SSSR count). The normalized spacial score (nSPS) is 13.3. The Morgan fingerprint density at radius 1 is 0.938 bits per heavy atom. The summed E-state index contributed by atoms with van der Waals surface area (Å²) in [5.74, 6) is 0. The third kappa shape index (κ3) is 4.36. The van der Waals surface area contributed by atoms with Crippen LogP contribution in [0.3, 0.4) is 0 Å². The number of hydrogen-bond acceptors (Lipinski definition) is 6. The molecule has 1 unspecified atom stereocenters. The van der Waals surface area contributed by atoms with E-state index in [2.05, 4.69) is 15.3 Å². The standard InChI is InChI=1S/C20H22F3N7O2/c1-2-15(5-20(21,22)23)28-9-14(7-26-28)19-18-3-4-24-30(18)10-17(27-19)13-6-25-29(8-13)16(11-31)12-32/h3-4,6-10,15-16,31-32H,2,5,11-12H2,1H3. The maximum atomic E-state index is 12.9. The number of alkyl halides is 3. The van der Waals surface area contributed by atoms with Gasteiger partial charge in [0, 0.05) is 23.5 Å². The molecule has 9 nitrogen and oxygen atoms in total. The van der Waals surface area contributed by atoms with E-state index in [4.69, 9.17) is 4.98 Å². The second-order valence-electron chi connectivity index (χ2n) is 7.45. The average molecular weight is 449 g/mol. The van der Waals surface area contributed by atoms with Crippen LogP contribution in [0.5, 0.6) is 0 Å². The molecular formula is C20H22F3N7O2. The predicted octanol–water partition coefficient (Wildman–Crippen LogP) is 2.89. The van der Waals surface area contributed by atoms with Crippen LogP contribution in [0.25, 0.3) is 28.0 Å². The van der Waals surface area contributed by atoms with Gasteiger partial charge < -0.3 is 10.2 Å². The van der Waals surface area contributed by atoms with Crippen LogP contribution in [-0.2, 0) is 0 Å². The lowest BCUT2D eigenvalue weighted by Crippen LogP contribution is -2.18. The molecule has 0 saturated carbocycles. The highest BCUT2D eigenvalue weighted by Gasteiger charge is 2.32. The van der Waals surface area contributed by atoms with Crippen LogP contribution in [0.4, 0.5) is 13.2 Å². The van der Waals surface area contributed by atoms with Crippen molar-refractivity contribution in [2.75, 3.05) is 13.2 Å². The number of hydrogen-bond donors (Lipinski definition) is 2. The number of aliphatic hydroxyl groups excluding tert-OH is 2. The summed E-state index contributed by atoms with van der Waals surface area (Å²) in [4.78, 5) is 4.70. The minimum Gasteiger partial charge on any atom is -0.394 e. The van der Waals surface area contributed by atoms with Crippen molar-refractivity contribution < 1.29 is 23.4 Å². The molecular weight excluding hydrogens is 427 g/mol. The first-order valence-corrected chi connectivity index (χ1v) is 10.0. The Morgan fingerprint density at radius 2 is 1.59 bits per heavy atom. The topological polar surface area (TPSA) is 106 Å². The minimum atomic E-state index is -4.29. The van der Waals surface area contributed by atoms with Crippen LogP contribution in [0, 0.1) is 0 Å². The molecule has 0 saturated heterocycles. The van der Waals surface area contributed by atoms with Crippen molar-refractivity contribution in [2.24, 2.45) is 0 Å². The average Bonchev–Trinajstić information content (AvgIpc) is 3.51. The maximum Gasteiger partial charge on any atom is 0.391 e. The van der Waals surface area contributed by atoms with Gasteiger partial charge in [-0.2, -0.15) is 28.5 Å². The smallest absolute Gasteiger partial charge is 0.391 e. The summed E-state index contributed by atoms with van der Waals surface area (Å²) in [5.41, 5.74) is 2.91. The molecule has 0 amide bonds. The van der Waals surface area contributed by atoms with Crippen LogP contribution >= 0.6 is 0 Å². The van der Waals surface area contributed by atoms with Crippen molar-refractivity contribution in [2.45, 2.75) is 38.0 Å². The van der Waals surface area contributed by atoms with E-state index in [-0.39, 0.29) is 19.6 Å². The highest BCUT2D eigenvalue weighted by Crippen LogP contribution is 2.32. The molecule has 0 spiro atoms. The highest BCUT2D eigenvalue weighted by molar-refractivity contribution is 5.78. The molecule has 4 aromatic rings. The fraction of sp³-hybridized carbons (Fsp3) is 0.400. The molecule has 0 aromatic carbocycles. The van der Waals surface area contributed by atoms with E-state index in [0.29, 0.717) is 28.0 Å². The zero-order valence-corrected chi connectivity index (χ0v) is 17.2. The van der Waals surface area contributed by atoms with Gasteiger partial charge in [0.25, 0.3) is 0 Å². The monoisotopic (exact) mass is 449 g/mol. The number of halogens is 3. The molecule has 1 atom stereocenters. The molecule has 4 heterocycles. The van der Waals surface area contributed by atoms with E-state index in [1.165, 1.54) is 15.6 Å². The van der Waals surface area contributed by atoms with Gasteiger partial charge in [-0.15, -0.1) is 0 Å². The van der Waals surface area contributed by atoms with Crippen LogP contribution < -0.4 is 0 Å². The molecule has 170 valence electrons. The first-order valence-electron chi connectivity index (χ1n) is 10.0. The van der Waals surface area contributed by atoms with Gasteiger partial charge in [-0.25, -0.2) is 9.50 Å². The molecule has 2 N–H and O–H groups in total. The van der Waals surface area contributed by atoms with Crippen molar-refractivity contribution >= 4 is 5.52 Å². The van der Waals surface area contributed by atoms with Gasteiger partial charge in [0.15, 0.2) is 0 Å². The lowest BCUT2D eigenvalue weighted by Gasteiger charge is -2.17. The molecule has 0 aliphatic heterocycles. The predicted molar refractivity (Wildman–Crippen MR) is 109 cm³/mol. The van der Waals surface area contributed by atoms with Crippen molar-refractivity contribution in [1.29, 1.82) is 0 Å². The Hall–Kier alpha value is -3.25. The van der Waals surface area contributed by atoms with Gasteiger partial charge in [0.2, 0.25) is 0 Å². The van der Waals surface area contributed by atoms with Gasteiger partial charge in [0.1, 0.15) is 0 Å². The largest absolute Gasteiger partial charge is 0.394 e. The first kappa shape index (κ1) is 22.0. The lowest BCUT2D eigenvalue weighted by molar-refractivity contribution is -0.143. The lowest BCUT2D eigenvalue weighted by atomic mass is 10.1. The van der Waals surface area contributed by atoms with Gasteiger partial charge in [-0.3, -0.25) is 9.36 Å². The molecule has 0 aliphatic rings. The second-order valence-corrected chi connectivity index (χ2v) is 7.45. The molecule has 0 radical (unpaired) electrons. The van der Waals surface area contributed by atoms with Gasteiger partial charge in [-0.05, 0) is 12.5 Å². The Kier molecular flexibility index (Phi) is 5.98. The minimum absolute atomic E-state index is 0.274. The zero-order chi connectivity index (χ0) is 22.9. The van der Waals surface area contributed by atoms with Crippen molar-refractivity contribution in [3.05, 3.63) is 43.2 Å². The third-order valence-electron chi connectivity index (χ3n) is 5.27. The van der Waals surface area contributed by atoms with E-state index in [1.54, 1.807) is 48.5 Å². The quantitative estimate of drug-likeness (QED) is 0.429. The van der Waals surface area contributed by atoms with Gasteiger partial charge >= 0.3 is 6.18 Å². The molecule has 4 aromatic heterocycles. The SMILES string of the molecule is CCC(CC(F)(F)F)n1cc(-c2nc(-c3cnn(C(CO)CO)c3)cn3nccc23)cn1. The number of nitrogens with zero attached hydrogens (tertiary/aromatic N) is 7. The van der Waals surface area contributed by atoms with Crippen LogP contribution in [0.15, 0.2) is 43.2 Å². The summed E-state index contributed by atoms with van der Waals surface area (Å²) in [7, 11) is 0.